The number of anilines is 2. The second-order valence-corrected chi connectivity index (χ2v) is 11.6. The van der Waals surface area contributed by atoms with Crippen LogP contribution in [0.3, 0.4) is 0 Å². The number of hydrogen-bond acceptors (Lipinski definition) is 6. The lowest BCUT2D eigenvalue weighted by atomic mass is 10.2. The van der Waals surface area contributed by atoms with Gasteiger partial charge in [0.25, 0.3) is 10.0 Å². The molecule has 0 bridgehead atoms. The predicted octanol–water partition coefficient (Wildman–Crippen LogP) is 2.99. The number of hydrogen-bond donors (Lipinski definition) is 3. The minimum atomic E-state index is -4.24. The summed E-state index contributed by atoms with van der Waals surface area (Å²) in [4.78, 5) is 10.9. The molecule has 4 rings (SSSR count). The van der Waals surface area contributed by atoms with E-state index in [0.29, 0.717) is 5.56 Å². The summed E-state index contributed by atoms with van der Waals surface area (Å²) in [5.41, 5.74) is 0.735. The van der Waals surface area contributed by atoms with Crippen molar-refractivity contribution in [3.8, 4) is 5.75 Å². The number of sulfonamides is 2. The number of fused-ring (bicyclic) bond motifs is 1. The fourth-order valence-corrected chi connectivity index (χ4v) is 6.32. The minimum Gasteiger partial charge on any atom is -0.485 e. The number of rotatable bonds is 8. The van der Waals surface area contributed by atoms with E-state index in [1.165, 1.54) is 18.2 Å². The molecule has 1 unspecified atom stereocenters. The maximum atomic E-state index is 13.5. The SMILES string of the molecule is O=C(O)Nc1ccc2c(c1)N(S(=O)(=O)c1ccc(F)cc1)CC(CNS(=O)(=O)Cc1ccccc1)O2. The number of halogens is 1. The topological polar surface area (TPSA) is 142 Å². The third-order valence-corrected chi connectivity index (χ3v) is 8.39. The first-order valence-electron chi connectivity index (χ1n) is 10.6. The molecule has 0 aliphatic carbocycles. The van der Waals surface area contributed by atoms with E-state index in [-0.39, 0.29) is 40.9 Å². The molecular formula is C23H22FN3O7S2. The third-order valence-electron chi connectivity index (χ3n) is 5.27. The summed E-state index contributed by atoms with van der Waals surface area (Å²) in [6.45, 7) is -0.504. The number of benzene rings is 3. The second kappa shape index (κ2) is 10.1. The van der Waals surface area contributed by atoms with Crippen LogP contribution in [0.1, 0.15) is 5.56 Å². The van der Waals surface area contributed by atoms with Crippen molar-refractivity contribution in [2.45, 2.75) is 16.8 Å². The van der Waals surface area contributed by atoms with E-state index in [2.05, 4.69) is 10.0 Å². The first-order valence-corrected chi connectivity index (χ1v) is 13.7. The lowest BCUT2D eigenvalue weighted by Gasteiger charge is -2.35. The summed E-state index contributed by atoms with van der Waals surface area (Å²) in [5, 5.41) is 11.2. The number of carbonyl (C=O) groups is 1. The maximum absolute atomic E-state index is 13.5. The van der Waals surface area contributed by atoms with Gasteiger partial charge in [-0.15, -0.1) is 0 Å². The van der Waals surface area contributed by atoms with E-state index in [0.717, 1.165) is 28.6 Å². The van der Waals surface area contributed by atoms with Crippen LogP contribution in [0.2, 0.25) is 0 Å². The van der Waals surface area contributed by atoms with Crippen LogP contribution < -0.4 is 19.1 Å². The van der Waals surface area contributed by atoms with Crippen molar-refractivity contribution in [1.29, 1.82) is 0 Å². The molecular weight excluding hydrogens is 513 g/mol. The molecule has 1 atom stereocenters. The molecule has 1 amide bonds. The zero-order valence-corrected chi connectivity index (χ0v) is 20.3. The Morgan fingerprint density at radius 2 is 1.72 bits per heavy atom. The smallest absolute Gasteiger partial charge is 0.409 e. The highest BCUT2D eigenvalue weighted by atomic mass is 32.2. The molecule has 1 aliphatic rings. The van der Waals surface area contributed by atoms with Crippen molar-refractivity contribution in [2.24, 2.45) is 0 Å². The molecule has 190 valence electrons. The van der Waals surface area contributed by atoms with Crippen molar-refractivity contribution >= 4 is 37.5 Å². The van der Waals surface area contributed by atoms with Gasteiger partial charge in [-0.1, -0.05) is 30.3 Å². The molecule has 1 aliphatic heterocycles. The molecule has 0 saturated heterocycles. The molecule has 3 aromatic carbocycles. The fourth-order valence-electron chi connectivity index (χ4n) is 3.65. The Bertz CT molecular complexity index is 1470. The number of amides is 1. The Balaban J connectivity index is 1.62. The number of carboxylic acid groups (broad SMARTS) is 1. The second-order valence-electron chi connectivity index (χ2n) is 7.94. The van der Waals surface area contributed by atoms with Gasteiger partial charge in [0.15, 0.2) is 0 Å². The first kappa shape index (κ1) is 25.4. The van der Waals surface area contributed by atoms with Gasteiger partial charge in [0.05, 0.1) is 22.9 Å². The van der Waals surface area contributed by atoms with Crippen molar-refractivity contribution in [3.63, 3.8) is 0 Å². The van der Waals surface area contributed by atoms with Gasteiger partial charge in [-0.25, -0.2) is 30.7 Å². The molecule has 3 aromatic rings. The summed E-state index contributed by atoms with van der Waals surface area (Å²) >= 11 is 0. The average molecular weight is 536 g/mol. The Morgan fingerprint density at radius 1 is 1.03 bits per heavy atom. The molecule has 3 N–H and O–H groups in total. The lowest BCUT2D eigenvalue weighted by molar-refractivity contribution is 0.203. The third kappa shape index (κ3) is 5.93. The summed E-state index contributed by atoms with van der Waals surface area (Å²) in [5.74, 6) is -0.774. The molecule has 0 saturated carbocycles. The highest BCUT2D eigenvalue weighted by Gasteiger charge is 2.35. The molecule has 0 spiro atoms. The van der Waals surface area contributed by atoms with E-state index in [9.17, 15) is 26.0 Å². The minimum absolute atomic E-state index is 0.0500. The monoisotopic (exact) mass is 535 g/mol. The van der Waals surface area contributed by atoms with E-state index in [1.54, 1.807) is 30.3 Å². The zero-order valence-electron chi connectivity index (χ0n) is 18.7. The van der Waals surface area contributed by atoms with Crippen molar-refractivity contribution in [3.05, 3.63) is 84.2 Å². The van der Waals surface area contributed by atoms with Crippen LogP contribution in [0.5, 0.6) is 5.75 Å². The van der Waals surface area contributed by atoms with Crippen LogP contribution in [0.25, 0.3) is 0 Å². The van der Waals surface area contributed by atoms with E-state index < -0.39 is 38.1 Å². The molecule has 1 heterocycles. The Kier molecular flexibility index (Phi) is 7.15. The Labute approximate surface area is 207 Å². The van der Waals surface area contributed by atoms with Gasteiger partial charge >= 0.3 is 6.09 Å². The van der Waals surface area contributed by atoms with E-state index in [4.69, 9.17) is 9.84 Å². The van der Waals surface area contributed by atoms with Crippen LogP contribution in [0, 0.1) is 5.82 Å². The van der Waals surface area contributed by atoms with Crippen LogP contribution in [-0.2, 0) is 25.8 Å². The molecule has 10 nitrogen and oxygen atoms in total. The van der Waals surface area contributed by atoms with Gasteiger partial charge in [0.2, 0.25) is 10.0 Å². The molecule has 0 aromatic heterocycles. The van der Waals surface area contributed by atoms with Gasteiger partial charge in [0, 0.05) is 12.2 Å². The quantitative estimate of drug-likeness (QED) is 0.403. The van der Waals surface area contributed by atoms with E-state index >= 15 is 0 Å². The molecule has 13 heteroatoms. The van der Waals surface area contributed by atoms with E-state index in [1.807, 2.05) is 0 Å². The van der Waals surface area contributed by atoms with Gasteiger partial charge in [-0.05, 0) is 48.0 Å². The van der Waals surface area contributed by atoms with Gasteiger partial charge in [0.1, 0.15) is 17.7 Å². The largest absolute Gasteiger partial charge is 0.485 e. The van der Waals surface area contributed by atoms with Crippen LogP contribution in [0.15, 0.2) is 77.7 Å². The standard InChI is InChI=1S/C23H22FN3O7S2/c24-17-6-9-20(10-7-17)36(32,33)27-14-19(13-25-35(30,31)15-16-4-2-1-3-5-16)34-22-11-8-18(12-21(22)27)26-23(28)29/h1-12,19,25-26H,13-15H2,(H,28,29). The lowest BCUT2D eigenvalue weighted by Crippen LogP contribution is -2.48. The summed E-state index contributed by atoms with van der Waals surface area (Å²) in [7, 11) is -7.99. The van der Waals surface area contributed by atoms with Crippen LogP contribution in [-0.4, -0.2) is 47.2 Å². The van der Waals surface area contributed by atoms with Crippen LogP contribution in [0.4, 0.5) is 20.6 Å². The summed E-state index contributed by atoms with van der Waals surface area (Å²) in [6, 6.07) is 16.8. The van der Waals surface area contributed by atoms with Crippen molar-refractivity contribution < 1.29 is 35.9 Å². The Morgan fingerprint density at radius 3 is 2.39 bits per heavy atom. The van der Waals surface area contributed by atoms with Crippen molar-refractivity contribution in [2.75, 3.05) is 22.7 Å². The number of nitrogens with one attached hydrogen (secondary N) is 2. The normalized spacial score (nSPS) is 15.6. The van der Waals surface area contributed by atoms with Crippen molar-refractivity contribution in [1.82, 2.24) is 4.72 Å². The summed E-state index contributed by atoms with van der Waals surface area (Å²) < 4.78 is 74.7. The maximum Gasteiger partial charge on any atom is 0.409 e. The number of nitrogens with zero attached hydrogens (tertiary/aromatic N) is 1. The van der Waals surface area contributed by atoms with Gasteiger partial charge in [-0.2, -0.15) is 0 Å². The molecule has 36 heavy (non-hydrogen) atoms. The van der Waals surface area contributed by atoms with Gasteiger partial charge in [-0.3, -0.25) is 9.62 Å². The van der Waals surface area contributed by atoms with Gasteiger partial charge < -0.3 is 9.84 Å². The average Bonchev–Trinajstić information content (AvgIpc) is 2.82. The first-order chi connectivity index (χ1) is 17.0. The molecule has 0 radical (unpaired) electrons. The number of ether oxygens (including phenoxy) is 1. The zero-order chi connectivity index (χ0) is 25.9. The highest BCUT2D eigenvalue weighted by Crippen LogP contribution is 2.39. The molecule has 0 fully saturated rings. The summed E-state index contributed by atoms with van der Waals surface area (Å²) in [6.07, 6.45) is -2.25. The highest BCUT2D eigenvalue weighted by molar-refractivity contribution is 7.92. The fraction of sp³-hybridized carbons (Fsp3) is 0.174. The predicted molar refractivity (Wildman–Crippen MR) is 131 cm³/mol. The van der Waals surface area contributed by atoms with Crippen LogP contribution >= 0.6 is 0 Å². The Hall–Kier alpha value is -3.68.